The maximum absolute atomic E-state index is 12.2. The molecule has 1 unspecified atom stereocenters. The molecular formula is C16H25N3O. The van der Waals surface area contributed by atoms with Gasteiger partial charge in [0, 0.05) is 24.3 Å². The summed E-state index contributed by atoms with van der Waals surface area (Å²) in [7, 11) is 0. The smallest absolute Gasteiger partial charge is 0.239 e. The van der Waals surface area contributed by atoms with E-state index in [0.29, 0.717) is 6.54 Å². The molecule has 2 rings (SSSR count). The van der Waals surface area contributed by atoms with Crippen molar-refractivity contribution in [2.45, 2.75) is 45.2 Å². The topological polar surface area (TPSA) is 58.4 Å². The zero-order chi connectivity index (χ0) is 14.5. The van der Waals surface area contributed by atoms with Crippen molar-refractivity contribution in [2.75, 3.05) is 18.0 Å². The summed E-state index contributed by atoms with van der Waals surface area (Å²) in [6.07, 6.45) is 2.83. The van der Waals surface area contributed by atoms with Crippen LogP contribution in [0.15, 0.2) is 24.3 Å². The summed E-state index contributed by atoms with van der Waals surface area (Å²) in [6.45, 7) is 5.33. The lowest BCUT2D eigenvalue weighted by atomic mass is 9.98. The molecule has 0 spiro atoms. The lowest BCUT2D eigenvalue weighted by molar-refractivity contribution is -0.120. The lowest BCUT2D eigenvalue weighted by Gasteiger charge is -2.34. The summed E-state index contributed by atoms with van der Waals surface area (Å²) in [5.41, 5.74) is 8.48. The second-order valence-corrected chi connectivity index (χ2v) is 5.55. The highest BCUT2D eigenvalue weighted by Crippen LogP contribution is 2.25. The first-order valence-corrected chi connectivity index (χ1v) is 7.51. The Morgan fingerprint density at radius 2 is 2.10 bits per heavy atom. The van der Waals surface area contributed by atoms with E-state index in [9.17, 15) is 4.79 Å². The number of hydrogen-bond acceptors (Lipinski definition) is 3. The van der Waals surface area contributed by atoms with Crippen molar-refractivity contribution in [3.8, 4) is 0 Å². The number of rotatable bonds is 5. The summed E-state index contributed by atoms with van der Waals surface area (Å²) in [5.74, 6) is 0.0857. The van der Waals surface area contributed by atoms with Crippen molar-refractivity contribution in [3.05, 3.63) is 29.8 Å². The van der Waals surface area contributed by atoms with E-state index in [-0.39, 0.29) is 18.0 Å². The quantitative estimate of drug-likeness (QED) is 0.859. The normalized spacial score (nSPS) is 18.0. The van der Waals surface area contributed by atoms with Gasteiger partial charge in [-0.2, -0.15) is 0 Å². The number of anilines is 1. The van der Waals surface area contributed by atoms with Gasteiger partial charge in [0.1, 0.15) is 0 Å². The second-order valence-electron chi connectivity index (χ2n) is 5.55. The van der Waals surface area contributed by atoms with Gasteiger partial charge in [-0.3, -0.25) is 4.79 Å². The highest BCUT2D eigenvalue weighted by Gasteiger charge is 2.23. The summed E-state index contributed by atoms with van der Waals surface area (Å²) in [5, 5.41) is 3.09. The number of amides is 1. The Morgan fingerprint density at radius 3 is 2.80 bits per heavy atom. The van der Waals surface area contributed by atoms with Gasteiger partial charge in [-0.1, -0.05) is 32.0 Å². The Hall–Kier alpha value is -1.55. The van der Waals surface area contributed by atoms with Crippen LogP contribution in [-0.2, 0) is 11.2 Å². The number of hydrogen-bond donors (Lipinski definition) is 2. The van der Waals surface area contributed by atoms with E-state index in [4.69, 9.17) is 5.73 Å². The molecule has 0 bridgehead atoms. The molecule has 0 saturated carbocycles. The van der Waals surface area contributed by atoms with Gasteiger partial charge < -0.3 is 16.0 Å². The maximum atomic E-state index is 12.2. The van der Waals surface area contributed by atoms with Gasteiger partial charge in [-0.05, 0) is 30.9 Å². The highest BCUT2D eigenvalue weighted by molar-refractivity contribution is 5.82. The Balaban J connectivity index is 2.04. The fourth-order valence-corrected chi connectivity index (χ4v) is 2.81. The first kappa shape index (κ1) is 14.9. The average molecular weight is 275 g/mol. The molecule has 3 N–H and O–H groups in total. The average Bonchev–Trinajstić information content (AvgIpc) is 2.44. The molecule has 1 aromatic carbocycles. The van der Waals surface area contributed by atoms with Crippen molar-refractivity contribution < 1.29 is 4.79 Å². The van der Waals surface area contributed by atoms with Crippen molar-refractivity contribution in [3.63, 3.8) is 0 Å². The van der Waals surface area contributed by atoms with Crippen LogP contribution in [0.25, 0.3) is 0 Å². The number of nitrogens with one attached hydrogen (secondary N) is 1. The molecule has 0 aliphatic carbocycles. The minimum absolute atomic E-state index is 0.0857. The zero-order valence-electron chi connectivity index (χ0n) is 12.4. The number of fused-ring (bicyclic) bond motifs is 1. The third kappa shape index (κ3) is 3.51. The summed E-state index contributed by atoms with van der Waals surface area (Å²) in [6, 6.07) is 8.59. The Bertz CT molecular complexity index is 457. The molecule has 1 aliphatic heterocycles. The molecule has 1 heterocycles. The molecule has 0 fully saturated rings. The summed E-state index contributed by atoms with van der Waals surface area (Å²) in [4.78, 5) is 14.3. The molecule has 4 nitrogen and oxygen atoms in total. The SMILES string of the molecule is CCC(CC)NC(=O)CN1CC(N)Cc2ccccc21. The Labute approximate surface area is 121 Å². The number of nitrogens with two attached hydrogens (primary N) is 1. The fraction of sp³-hybridized carbons (Fsp3) is 0.562. The maximum Gasteiger partial charge on any atom is 0.239 e. The molecule has 0 aromatic heterocycles. The van der Waals surface area contributed by atoms with Crippen molar-refractivity contribution in [2.24, 2.45) is 5.73 Å². The van der Waals surface area contributed by atoms with Crippen LogP contribution in [0.4, 0.5) is 5.69 Å². The fourth-order valence-electron chi connectivity index (χ4n) is 2.81. The van der Waals surface area contributed by atoms with Crippen LogP contribution < -0.4 is 16.0 Å². The minimum Gasteiger partial charge on any atom is -0.360 e. The van der Waals surface area contributed by atoms with Crippen LogP contribution in [0.5, 0.6) is 0 Å². The van der Waals surface area contributed by atoms with E-state index >= 15 is 0 Å². The first-order chi connectivity index (χ1) is 9.63. The van der Waals surface area contributed by atoms with Gasteiger partial charge in [-0.15, -0.1) is 0 Å². The predicted octanol–water partition coefficient (Wildman–Crippen LogP) is 1.68. The summed E-state index contributed by atoms with van der Waals surface area (Å²) >= 11 is 0. The third-order valence-corrected chi connectivity index (χ3v) is 3.95. The molecule has 1 aromatic rings. The minimum atomic E-state index is 0.0857. The van der Waals surface area contributed by atoms with Crippen molar-refractivity contribution in [1.29, 1.82) is 0 Å². The molecule has 1 aliphatic rings. The van der Waals surface area contributed by atoms with Gasteiger partial charge in [-0.25, -0.2) is 0 Å². The summed E-state index contributed by atoms with van der Waals surface area (Å²) < 4.78 is 0. The Kier molecular flexibility index (Phi) is 5.01. The molecule has 0 radical (unpaired) electrons. The first-order valence-electron chi connectivity index (χ1n) is 7.51. The van der Waals surface area contributed by atoms with Gasteiger partial charge in [0.2, 0.25) is 5.91 Å². The number of carbonyl (C=O) groups is 1. The van der Waals surface area contributed by atoms with E-state index in [1.54, 1.807) is 0 Å². The van der Waals surface area contributed by atoms with E-state index in [0.717, 1.165) is 31.5 Å². The lowest BCUT2D eigenvalue weighted by Crippen LogP contribution is -2.48. The van der Waals surface area contributed by atoms with Crippen LogP contribution in [-0.4, -0.2) is 31.1 Å². The van der Waals surface area contributed by atoms with Gasteiger partial charge in [0.25, 0.3) is 0 Å². The van der Waals surface area contributed by atoms with E-state index in [1.165, 1.54) is 5.56 Å². The number of benzene rings is 1. The van der Waals surface area contributed by atoms with E-state index in [2.05, 4.69) is 36.2 Å². The largest absolute Gasteiger partial charge is 0.360 e. The third-order valence-electron chi connectivity index (χ3n) is 3.95. The van der Waals surface area contributed by atoms with Crippen LogP contribution >= 0.6 is 0 Å². The monoisotopic (exact) mass is 275 g/mol. The molecule has 110 valence electrons. The second kappa shape index (κ2) is 6.75. The van der Waals surface area contributed by atoms with Gasteiger partial charge in [0.15, 0.2) is 0 Å². The Morgan fingerprint density at radius 1 is 1.40 bits per heavy atom. The van der Waals surface area contributed by atoms with Crippen LogP contribution in [0.3, 0.4) is 0 Å². The predicted molar refractivity (Wildman–Crippen MR) is 82.8 cm³/mol. The van der Waals surface area contributed by atoms with Gasteiger partial charge in [0.05, 0.1) is 6.54 Å². The number of nitrogens with zero attached hydrogens (tertiary/aromatic N) is 1. The van der Waals surface area contributed by atoms with Crippen LogP contribution in [0.2, 0.25) is 0 Å². The molecule has 4 heteroatoms. The van der Waals surface area contributed by atoms with Gasteiger partial charge >= 0.3 is 0 Å². The van der Waals surface area contributed by atoms with E-state index < -0.39 is 0 Å². The standard InChI is InChI=1S/C16H25N3O/c1-3-14(4-2)18-16(20)11-19-10-13(17)9-12-7-5-6-8-15(12)19/h5-8,13-14H,3-4,9-11,17H2,1-2H3,(H,18,20). The van der Waals surface area contributed by atoms with Crippen LogP contribution in [0, 0.1) is 0 Å². The van der Waals surface area contributed by atoms with Crippen LogP contribution in [0.1, 0.15) is 32.3 Å². The molecule has 1 atom stereocenters. The molecule has 20 heavy (non-hydrogen) atoms. The molecule has 0 saturated heterocycles. The van der Waals surface area contributed by atoms with Crippen molar-refractivity contribution in [1.82, 2.24) is 5.32 Å². The molecular weight excluding hydrogens is 250 g/mol. The zero-order valence-corrected chi connectivity index (χ0v) is 12.4. The number of carbonyl (C=O) groups excluding carboxylic acids is 1. The molecule has 1 amide bonds. The van der Waals surface area contributed by atoms with E-state index in [1.807, 2.05) is 12.1 Å². The number of para-hydroxylation sites is 1. The van der Waals surface area contributed by atoms with Crippen molar-refractivity contribution >= 4 is 11.6 Å². The highest BCUT2D eigenvalue weighted by atomic mass is 16.2.